The lowest BCUT2D eigenvalue weighted by Gasteiger charge is -2.13. The normalized spacial score (nSPS) is 11.8. The lowest BCUT2D eigenvalue weighted by molar-refractivity contribution is 0.247. The zero-order valence-corrected chi connectivity index (χ0v) is 11.6. The minimum atomic E-state index is -0.349. The van der Waals surface area contributed by atoms with E-state index in [1.54, 1.807) is 18.3 Å². The maximum atomic E-state index is 11.9. The van der Waals surface area contributed by atoms with Gasteiger partial charge in [0.05, 0.1) is 13.2 Å². The second kappa shape index (κ2) is 6.10. The van der Waals surface area contributed by atoms with Crippen LogP contribution in [0.3, 0.4) is 0 Å². The average molecular weight is 275 g/mol. The largest absolute Gasteiger partial charge is 0.480 e. The Balaban J connectivity index is 1.98. The molecule has 0 saturated carbocycles. The zero-order valence-electron chi connectivity index (χ0n) is 11.6. The molecule has 2 aromatic rings. The molecule has 20 heavy (non-hydrogen) atoms. The number of amides is 2. The van der Waals surface area contributed by atoms with Crippen molar-refractivity contribution in [3.63, 3.8) is 0 Å². The number of hydrogen-bond donors (Lipinski definition) is 2. The Labute approximate surface area is 117 Å². The summed E-state index contributed by atoms with van der Waals surface area (Å²) >= 11 is 0. The van der Waals surface area contributed by atoms with Gasteiger partial charge in [-0.3, -0.25) is 0 Å². The molecule has 0 saturated heterocycles. The topological polar surface area (TPSA) is 76.4 Å². The SMILES string of the molecule is COc1ncccc1NC(=O)NC(C)c1ccc(C)o1. The van der Waals surface area contributed by atoms with Crippen LogP contribution >= 0.6 is 0 Å². The van der Waals surface area contributed by atoms with Crippen molar-refractivity contribution in [2.75, 3.05) is 12.4 Å². The van der Waals surface area contributed by atoms with E-state index in [0.29, 0.717) is 17.3 Å². The van der Waals surface area contributed by atoms with E-state index in [2.05, 4.69) is 15.6 Å². The third-order valence-electron chi connectivity index (χ3n) is 2.75. The summed E-state index contributed by atoms with van der Waals surface area (Å²) in [4.78, 5) is 15.9. The Hall–Kier alpha value is -2.50. The summed E-state index contributed by atoms with van der Waals surface area (Å²) in [5, 5.41) is 5.47. The molecule has 1 atom stereocenters. The fourth-order valence-corrected chi connectivity index (χ4v) is 1.76. The predicted molar refractivity (Wildman–Crippen MR) is 74.8 cm³/mol. The Morgan fingerprint density at radius 3 is 2.85 bits per heavy atom. The maximum absolute atomic E-state index is 11.9. The van der Waals surface area contributed by atoms with Crippen LogP contribution in [0.5, 0.6) is 5.88 Å². The molecule has 0 fully saturated rings. The minimum Gasteiger partial charge on any atom is -0.480 e. The lowest BCUT2D eigenvalue weighted by Crippen LogP contribution is -2.31. The monoisotopic (exact) mass is 275 g/mol. The maximum Gasteiger partial charge on any atom is 0.319 e. The number of rotatable bonds is 4. The van der Waals surface area contributed by atoms with Crippen molar-refractivity contribution >= 4 is 11.7 Å². The number of carbonyl (C=O) groups excluding carboxylic acids is 1. The fourth-order valence-electron chi connectivity index (χ4n) is 1.76. The van der Waals surface area contributed by atoms with Gasteiger partial charge in [0.2, 0.25) is 5.88 Å². The Kier molecular flexibility index (Phi) is 4.24. The quantitative estimate of drug-likeness (QED) is 0.899. The first-order valence-electron chi connectivity index (χ1n) is 6.23. The van der Waals surface area contributed by atoms with Gasteiger partial charge in [-0.05, 0) is 38.1 Å². The highest BCUT2D eigenvalue weighted by Gasteiger charge is 2.14. The van der Waals surface area contributed by atoms with Gasteiger partial charge >= 0.3 is 6.03 Å². The summed E-state index contributed by atoms with van der Waals surface area (Å²) in [5.74, 6) is 1.88. The molecule has 2 amide bonds. The predicted octanol–water partition coefficient (Wildman–Crippen LogP) is 2.87. The smallest absolute Gasteiger partial charge is 0.319 e. The van der Waals surface area contributed by atoms with E-state index in [1.807, 2.05) is 26.0 Å². The van der Waals surface area contributed by atoms with E-state index in [-0.39, 0.29) is 12.1 Å². The van der Waals surface area contributed by atoms with Gasteiger partial charge in [0, 0.05) is 6.20 Å². The molecule has 2 heterocycles. The van der Waals surface area contributed by atoms with Gasteiger partial charge in [0.15, 0.2) is 0 Å². The highest BCUT2D eigenvalue weighted by Crippen LogP contribution is 2.20. The van der Waals surface area contributed by atoms with Crippen molar-refractivity contribution in [1.29, 1.82) is 0 Å². The van der Waals surface area contributed by atoms with Crippen LogP contribution in [-0.2, 0) is 0 Å². The molecular weight excluding hydrogens is 258 g/mol. The first-order valence-corrected chi connectivity index (χ1v) is 6.23. The average Bonchev–Trinajstić information content (AvgIpc) is 2.86. The summed E-state index contributed by atoms with van der Waals surface area (Å²) in [6.07, 6.45) is 1.59. The van der Waals surface area contributed by atoms with Crippen LogP contribution in [0.15, 0.2) is 34.9 Å². The molecule has 0 bridgehead atoms. The van der Waals surface area contributed by atoms with Gasteiger partial charge in [-0.1, -0.05) is 0 Å². The van der Waals surface area contributed by atoms with Crippen molar-refractivity contribution in [1.82, 2.24) is 10.3 Å². The Morgan fingerprint density at radius 1 is 1.40 bits per heavy atom. The van der Waals surface area contributed by atoms with Crippen molar-refractivity contribution in [3.8, 4) is 5.88 Å². The zero-order chi connectivity index (χ0) is 14.5. The second-order valence-electron chi connectivity index (χ2n) is 4.33. The van der Waals surface area contributed by atoms with Gasteiger partial charge in [-0.2, -0.15) is 0 Å². The molecule has 0 aromatic carbocycles. The molecule has 6 heteroatoms. The van der Waals surface area contributed by atoms with E-state index in [4.69, 9.17) is 9.15 Å². The van der Waals surface area contributed by atoms with Crippen molar-refractivity contribution in [2.24, 2.45) is 0 Å². The lowest BCUT2D eigenvalue weighted by atomic mass is 10.2. The number of urea groups is 1. The molecule has 0 radical (unpaired) electrons. The van der Waals surface area contributed by atoms with Gasteiger partial charge < -0.3 is 19.8 Å². The molecule has 2 aromatic heterocycles. The summed E-state index contributed by atoms with van der Waals surface area (Å²) in [6.45, 7) is 3.70. The van der Waals surface area contributed by atoms with Crippen molar-refractivity contribution < 1.29 is 13.9 Å². The number of pyridine rings is 1. The van der Waals surface area contributed by atoms with Gasteiger partial charge in [-0.25, -0.2) is 9.78 Å². The number of furan rings is 1. The number of nitrogens with zero attached hydrogens (tertiary/aromatic N) is 1. The molecule has 0 aliphatic rings. The number of methoxy groups -OCH3 is 1. The molecule has 0 spiro atoms. The number of nitrogens with one attached hydrogen (secondary N) is 2. The van der Waals surface area contributed by atoms with E-state index in [9.17, 15) is 4.79 Å². The first kappa shape index (κ1) is 13.9. The van der Waals surface area contributed by atoms with Crippen LogP contribution in [0.2, 0.25) is 0 Å². The summed E-state index contributed by atoms with van der Waals surface area (Å²) in [5.41, 5.74) is 0.510. The van der Waals surface area contributed by atoms with Gasteiger partial charge in [-0.15, -0.1) is 0 Å². The van der Waals surface area contributed by atoms with Crippen LogP contribution in [-0.4, -0.2) is 18.1 Å². The molecule has 106 valence electrons. The second-order valence-corrected chi connectivity index (χ2v) is 4.33. The number of anilines is 1. The number of hydrogen-bond acceptors (Lipinski definition) is 4. The Morgan fingerprint density at radius 2 is 2.20 bits per heavy atom. The highest BCUT2D eigenvalue weighted by atomic mass is 16.5. The van der Waals surface area contributed by atoms with Crippen LogP contribution < -0.4 is 15.4 Å². The van der Waals surface area contributed by atoms with E-state index in [0.717, 1.165) is 5.76 Å². The van der Waals surface area contributed by atoms with Gasteiger partial charge in [0.25, 0.3) is 0 Å². The molecular formula is C14H17N3O3. The van der Waals surface area contributed by atoms with Crippen molar-refractivity contribution in [3.05, 3.63) is 42.0 Å². The van der Waals surface area contributed by atoms with Crippen LogP contribution in [0.25, 0.3) is 0 Å². The van der Waals surface area contributed by atoms with E-state index < -0.39 is 0 Å². The third-order valence-corrected chi connectivity index (χ3v) is 2.75. The van der Waals surface area contributed by atoms with Crippen LogP contribution in [0.4, 0.5) is 10.5 Å². The Bertz CT molecular complexity index is 595. The number of aryl methyl sites for hydroxylation is 1. The molecule has 0 aliphatic heterocycles. The summed E-state index contributed by atoms with van der Waals surface area (Å²) < 4.78 is 10.5. The van der Waals surface area contributed by atoms with Gasteiger partial charge in [0.1, 0.15) is 17.2 Å². The molecule has 2 N–H and O–H groups in total. The fraction of sp³-hybridized carbons (Fsp3) is 0.286. The van der Waals surface area contributed by atoms with E-state index in [1.165, 1.54) is 7.11 Å². The van der Waals surface area contributed by atoms with E-state index >= 15 is 0 Å². The molecule has 6 nitrogen and oxygen atoms in total. The summed E-state index contributed by atoms with van der Waals surface area (Å²) in [7, 11) is 1.50. The number of aromatic nitrogens is 1. The highest BCUT2D eigenvalue weighted by molar-refractivity contribution is 5.90. The van der Waals surface area contributed by atoms with Crippen LogP contribution in [0.1, 0.15) is 24.5 Å². The van der Waals surface area contributed by atoms with Crippen molar-refractivity contribution in [2.45, 2.75) is 19.9 Å². The molecule has 2 rings (SSSR count). The number of ether oxygens (including phenoxy) is 1. The summed E-state index contributed by atoms with van der Waals surface area (Å²) in [6, 6.07) is 6.55. The third kappa shape index (κ3) is 3.28. The minimum absolute atomic E-state index is 0.230. The molecule has 0 aliphatic carbocycles. The standard InChI is InChI=1S/C14H17N3O3/c1-9-6-7-12(20-9)10(2)16-14(18)17-11-5-4-8-15-13(11)19-3/h4-8,10H,1-3H3,(H2,16,17,18). The number of carbonyl (C=O) groups is 1. The molecule has 1 unspecified atom stereocenters. The first-order chi connectivity index (χ1) is 9.60. The van der Waals surface area contributed by atoms with Crippen LogP contribution in [0, 0.1) is 6.92 Å².